The summed E-state index contributed by atoms with van der Waals surface area (Å²) in [7, 11) is -3.44. The van der Waals surface area contributed by atoms with Gasteiger partial charge in [-0.15, -0.1) is 11.3 Å². The number of ether oxygens (including phenoxy) is 1. The highest BCUT2D eigenvalue weighted by Gasteiger charge is 2.27. The molecule has 1 saturated heterocycles. The molecule has 1 N–H and O–H groups in total. The van der Waals surface area contributed by atoms with E-state index in [0.29, 0.717) is 42.0 Å². The van der Waals surface area contributed by atoms with Crippen LogP contribution < -0.4 is 10.1 Å². The van der Waals surface area contributed by atoms with Crippen LogP contribution >= 0.6 is 11.3 Å². The number of aromatic nitrogens is 1. The van der Waals surface area contributed by atoms with E-state index in [0.717, 1.165) is 24.2 Å². The van der Waals surface area contributed by atoms with Crippen LogP contribution in [0.4, 0.5) is 5.13 Å². The maximum absolute atomic E-state index is 12.7. The van der Waals surface area contributed by atoms with Gasteiger partial charge in [-0.2, -0.15) is 4.31 Å². The quantitative estimate of drug-likeness (QED) is 0.491. The summed E-state index contributed by atoms with van der Waals surface area (Å²) in [6.45, 7) is 5.93. The molecular formula is C24H27N3O4S2. The minimum atomic E-state index is -3.44. The second kappa shape index (κ2) is 10.0. The predicted octanol–water partition coefficient (Wildman–Crippen LogP) is 4.88. The Kier molecular flexibility index (Phi) is 7.11. The number of carbonyl (C=O) groups is 1. The van der Waals surface area contributed by atoms with Crippen LogP contribution in [0.15, 0.2) is 58.8 Å². The first kappa shape index (κ1) is 23.4. The zero-order valence-electron chi connectivity index (χ0n) is 18.7. The summed E-state index contributed by atoms with van der Waals surface area (Å²) < 4.78 is 32.6. The number of sulfonamides is 1. The number of thiazole rings is 1. The normalized spacial score (nSPS) is 14.5. The molecule has 0 atom stereocenters. The molecule has 1 fully saturated rings. The molecule has 0 saturated carbocycles. The highest BCUT2D eigenvalue weighted by Crippen LogP contribution is 2.28. The molecule has 0 unspecified atom stereocenters. The van der Waals surface area contributed by atoms with Crippen LogP contribution in [0.5, 0.6) is 5.75 Å². The molecule has 7 nitrogen and oxygen atoms in total. The van der Waals surface area contributed by atoms with Crippen LogP contribution in [0.3, 0.4) is 0 Å². The van der Waals surface area contributed by atoms with E-state index in [2.05, 4.69) is 24.1 Å². The molecule has 9 heteroatoms. The number of hydrogen-bond acceptors (Lipinski definition) is 6. The molecule has 33 heavy (non-hydrogen) atoms. The summed E-state index contributed by atoms with van der Waals surface area (Å²) in [4.78, 5) is 17.3. The summed E-state index contributed by atoms with van der Waals surface area (Å²) in [5.41, 5.74) is 1.98. The lowest BCUT2D eigenvalue weighted by molar-refractivity contribution is 0.102. The minimum absolute atomic E-state index is 0.252. The molecule has 2 aromatic carbocycles. The fraction of sp³-hybridized carbons (Fsp3) is 0.333. The van der Waals surface area contributed by atoms with Gasteiger partial charge in [0.15, 0.2) is 5.13 Å². The number of anilines is 1. The Labute approximate surface area is 198 Å². The SMILES string of the molecule is CC(C)COc1ccc(C(=O)Nc2nc(-c3ccc(S(=O)(=O)N4CCCC4)cc3)cs2)cc1. The van der Waals surface area contributed by atoms with Crippen LogP contribution in [0.25, 0.3) is 11.3 Å². The van der Waals surface area contributed by atoms with Crippen molar-refractivity contribution in [2.75, 3.05) is 25.0 Å². The van der Waals surface area contributed by atoms with Crippen molar-refractivity contribution < 1.29 is 17.9 Å². The van der Waals surface area contributed by atoms with Gasteiger partial charge in [0, 0.05) is 29.6 Å². The van der Waals surface area contributed by atoms with Crippen LogP contribution in [0.1, 0.15) is 37.0 Å². The molecule has 0 aliphatic carbocycles. The van der Waals surface area contributed by atoms with Gasteiger partial charge in [0.2, 0.25) is 10.0 Å². The van der Waals surface area contributed by atoms with Crippen LogP contribution in [-0.4, -0.2) is 43.3 Å². The Morgan fingerprint density at radius 1 is 1.09 bits per heavy atom. The molecule has 0 bridgehead atoms. The second-order valence-corrected chi connectivity index (χ2v) is 11.2. The third-order valence-electron chi connectivity index (χ3n) is 5.28. The Morgan fingerprint density at radius 3 is 2.39 bits per heavy atom. The lowest BCUT2D eigenvalue weighted by atomic mass is 10.2. The van der Waals surface area contributed by atoms with Gasteiger partial charge in [0.25, 0.3) is 5.91 Å². The molecule has 0 spiro atoms. The first-order chi connectivity index (χ1) is 15.8. The molecule has 174 valence electrons. The second-order valence-electron chi connectivity index (χ2n) is 8.36. The van der Waals surface area contributed by atoms with Crippen LogP contribution in [0, 0.1) is 5.92 Å². The number of nitrogens with zero attached hydrogens (tertiary/aromatic N) is 2. The van der Waals surface area contributed by atoms with Gasteiger partial charge in [0.1, 0.15) is 5.75 Å². The maximum atomic E-state index is 12.7. The van der Waals surface area contributed by atoms with Crippen molar-refractivity contribution in [3.63, 3.8) is 0 Å². The van der Waals surface area contributed by atoms with Crippen molar-refractivity contribution in [2.45, 2.75) is 31.6 Å². The number of nitrogens with one attached hydrogen (secondary N) is 1. The molecule has 1 aromatic heterocycles. The largest absolute Gasteiger partial charge is 0.493 e. The van der Waals surface area contributed by atoms with Crippen molar-refractivity contribution in [1.29, 1.82) is 0 Å². The first-order valence-corrected chi connectivity index (χ1v) is 13.3. The Hall–Kier alpha value is -2.75. The summed E-state index contributed by atoms with van der Waals surface area (Å²) in [5.74, 6) is 0.906. The maximum Gasteiger partial charge on any atom is 0.257 e. The Morgan fingerprint density at radius 2 is 1.76 bits per heavy atom. The Bertz CT molecular complexity index is 1200. The summed E-state index contributed by atoms with van der Waals surface area (Å²) >= 11 is 1.32. The van der Waals surface area contributed by atoms with E-state index < -0.39 is 10.0 Å². The number of hydrogen-bond donors (Lipinski definition) is 1. The Balaban J connectivity index is 1.40. The van der Waals surface area contributed by atoms with Gasteiger partial charge < -0.3 is 4.74 Å². The van der Waals surface area contributed by atoms with Gasteiger partial charge >= 0.3 is 0 Å². The van der Waals surface area contributed by atoms with Crippen molar-refractivity contribution >= 4 is 32.4 Å². The molecule has 0 radical (unpaired) electrons. The van der Waals surface area contributed by atoms with E-state index in [-0.39, 0.29) is 10.8 Å². The first-order valence-electron chi connectivity index (χ1n) is 10.9. The lowest BCUT2D eigenvalue weighted by Gasteiger charge is -2.15. The number of amides is 1. The number of rotatable bonds is 8. The minimum Gasteiger partial charge on any atom is -0.493 e. The summed E-state index contributed by atoms with van der Waals surface area (Å²) in [5, 5.41) is 5.13. The van der Waals surface area contributed by atoms with Crippen molar-refractivity contribution in [1.82, 2.24) is 9.29 Å². The molecule has 1 aliphatic rings. The van der Waals surface area contributed by atoms with Crippen molar-refractivity contribution in [3.05, 3.63) is 59.5 Å². The van der Waals surface area contributed by atoms with E-state index >= 15 is 0 Å². The third kappa shape index (κ3) is 5.61. The van der Waals surface area contributed by atoms with E-state index in [9.17, 15) is 13.2 Å². The third-order valence-corrected chi connectivity index (χ3v) is 7.95. The van der Waals surface area contributed by atoms with Crippen molar-refractivity contribution in [2.24, 2.45) is 5.92 Å². The average molecular weight is 486 g/mol. The smallest absolute Gasteiger partial charge is 0.257 e. The highest BCUT2D eigenvalue weighted by molar-refractivity contribution is 7.89. The van der Waals surface area contributed by atoms with E-state index in [4.69, 9.17) is 4.74 Å². The van der Waals surface area contributed by atoms with Crippen LogP contribution in [0.2, 0.25) is 0 Å². The topological polar surface area (TPSA) is 88.6 Å². The standard InChI is InChI=1S/C24H27N3O4S2/c1-17(2)15-31-20-9-5-19(6-10-20)23(28)26-24-25-22(16-32-24)18-7-11-21(12-8-18)33(29,30)27-13-3-4-14-27/h5-12,16-17H,3-4,13-15H2,1-2H3,(H,25,26,28). The van der Waals surface area contributed by atoms with Crippen molar-refractivity contribution in [3.8, 4) is 17.0 Å². The fourth-order valence-corrected chi connectivity index (χ4v) is 5.71. The zero-order chi connectivity index (χ0) is 23.4. The van der Waals surface area contributed by atoms with Gasteiger partial charge in [0.05, 0.1) is 17.2 Å². The summed E-state index contributed by atoms with van der Waals surface area (Å²) in [6, 6.07) is 13.7. The zero-order valence-corrected chi connectivity index (χ0v) is 20.3. The molecular weight excluding hydrogens is 458 g/mol. The van der Waals surface area contributed by atoms with Gasteiger partial charge in [-0.05, 0) is 55.2 Å². The highest BCUT2D eigenvalue weighted by atomic mass is 32.2. The molecule has 3 aromatic rings. The van der Waals surface area contributed by atoms with E-state index in [1.54, 1.807) is 48.5 Å². The average Bonchev–Trinajstić information content (AvgIpc) is 3.51. The number of carbonyl (C=O) groups excluding carboxylic acids is 1. The predicted molar refractivity (Wildman–Crippen MR) is 130 cm³/mol. The molecule has 1 aliphatic heterocycles. The van der Waals surface area contributed by atoms with Gasteiger partial charge in [-0.25, -0.2) is 13.4 Å². The van der Waals surface area contributed by atoms with Gasteiger partial charge in [-0.1, -0.05) is 26.0 Å². The van der Waals surface area contributed by atoms with Crippen LogP contribution in [-0.2, 0) is 10.0 Å². The lowest BCUT2D eigenvalue weighted by Crippen LogP contribution is -2.27. The molecule has 4 rings (SSSR count). The van der Waals surface area contributed by atoms with Gasteiger partial charge in [-0.3, -0.25) is 10.1 Å². The monoisotopic (exact) mass is 485 g/mol. The molecule has 2 heterocycles. The summed E-state index contributed by atoms with van der Waals surface area (Å²) in [6.07, 6.45) is 1.81. The van der Waals surface area contributed by atoms with E-state index in [1.807, 2.05) is 5.38 Å². The fourth-order valence-electron chi connectivity index (χ4n) is 3.47. The van der Waals surface area contributed by atoms with E-state index in [1.165, 1.54) is 15.6 Å². The molecule has 1 amide bonds. The number of benzene rings is 2.